The van der Waals surface area contributed by atoms with Gasteiger partial charge in [-0.15, -0.1) is 0 Å². The van der Waals surface area contributed by atoms with Crippen molar-refractivity contribution in [3.05, 3.63) is 26.9 Å². The van der Waals surface area contributed by atoms with Crippen molar-refractivity contribution in [2.24, 2.45) is 5.92 Å². The van der Waals surface area contributed by atoms with Gasteiger partial charge < -0.3 is 10.0 Å². The molecule has 1 aromatic heterocycles. The van der Waals surface area contributed by atoms with E-state index in [0.717, 1.165) is 12.8 Å². The Morgan fingerprint density at radius 2 is 2.40 bits per heavy atom. The van der Waals surface area contributed by atoms with Gasteiger partial charge in [0, 0.05) is 36.2 Å². The zero-order chi connectivity index (χ0) is 14.7. The molecule has 2 heterocycles. The number of rotatable bonds is 4. The van der Waals surface area contributed by atoms with Crippen molar-refractivity contribution in [2.45, 2.75) is 19.3 Å². The number of aromatic nitrogens is 1. The molecule has 0 amide bonds. The molecule has 1 aromatic rings. The second kappa shape index (κ2) is 6.17. The second-order valence-electron chi connectivity index (χ2n) is 4.81. The highest BCUT2D eigenvalue weighted by molar-refractivity contribution is 9.10. The molecule has 0 radical (unpaired) electrons. The van der Waals surface area contributed by atoms with E-state index < -0.39 is 10.9 Å². The Balaban J connectivity index is 2.22. The van der Waals surface area contributed by atoms with Crippen LogP contribution in [0.15, 0.2) is 16.7 Å². The van der Waals surface area contributed by atoms with Gasteiger partial charge in [-0.3, -0.25) is 14.9 Å². The van der Waals surface area contributed by atoms with Crippen LogP contribution < -0.4 is 4.90 Å². The van der Waals surface area contributed by atoms with E-state index in [1.54, 1.807) is 0 Å². The molecule has 7 nitrogen and oxygen atoms in total. The van der Waals surface area contributed by atoms with Crippen LogP contribution in [-0.2, 0) is 4.79 Å². The fourth-order valence-corrected chi connectivity index (χ4v) is 2.79. The zero-order valence-electron chi connectivity index (χ0n) is 10.7. The average Bonchev–Trinajstić information content (AvgIpc) is 2.38. The molecule has 0 bridgehead atoms. The van der Waals surface area contributed by atoms with Crippen LogP contribution in [0.1, 0.15) is 19.3 Å². The Bertz CT molecular complexity index is 537. The molecule has 0 spiro atoms. The van der Waals surface area contributed by atoms with Gasteiger partial charge >= 0.3 is 11.7 Å². The number of aliphatic carboxylic acids is 1. The lowest BCUT2D eigenvalue weighted by atomic mass is 9.95. The first kappa shape index (κ1) is 14.7. The zero-order valence-corrected chi connectivity index (χ0v) is 12.2. The highest BCUT2D eigenvalue weighted by Crippen LogP contribution is 2.32. The lowest BCUT2D eigenvalue weighted by Gasteiger charge is -2.32. The van der Waals surface area contributed by atoms with Crippen LogP contribution >= 0.6 is 15.9 Å². The number of hydrogen-bond donors (Lipinski definition) is 1. The Labute approximate surface area is 123 Å². The van der Waals surface area contributed by atoms with E-state index in [4.69, 9.17) is 5.11 Å². The molecule has 2 rings (SSSR count). The summed E-state index contributed by atoms with van der Waals surface area (Å²) in [5, 5.41) is 20.0. The number of pyridine rings is 1. The molecule has 20 heavy (non-hydrogen) atoms. The summed E-state index contributed by atoms with van der Waals surface area (Å²) < 4.78 is 0.548. The highest BCUT2D eigenvalue weighted by Gasteiger charge is 2.28. The molecule has 0 saturated carbocycles. The van der Waals surface area contributed by atoms with Gasteiger partial charge in [0.2, 0.25) is 5.82 Å². The van der Waals surface area contributed by atoms with Crippen LogP contribution in [0.5, 0.6) is 0 Å². The fourth-order valence-electron chi connectivity index (χ4n) is 2.47. The normalized spacial score (nSPS) is 18.9. The molecule has 0 aromatic carbocycles. The number of hydrogen-bond acceptors (Lipinski definition) is 5. The number of carbonyl (C=O) groups is 1. The van der Waals surface area contributed by atoms with E-state index in [-0.39, 0.29) is 18.0 Å². The lowest BCUT2D eigenvalue weighted by Crippen LogP contribution is -2.37. The topological polar surface area (TPSA) is 96.6 Å². The number of piperidine rings is 1. The third kappa shape index (κ3) is 3.44. The minimum atomic E-state index is -0.838. The second-order valence-corrected chi connectivity index (χ2v) is 5.72. The van der Waals surface area contributed by atoms with E-state index in [9.17, 15) is 14.9 Å². The first-order valence-corrected chi connectivity index (χ1v) is 7.03. The van der Waals surface area contributed by atoms with Crippen LogP contribution in [0.2, 0.25) is 0 Å². The first-order valence-electron chi connectivity index (χ1n) is 6.24. The highest BCUT2D eigenvalue weighted by atomic mass is 79.9. The Kier molecular flexibility index (Phi) is 4.53. The minimum Gasteiger partial charge on any atom is -0.481 e. The summed E-state index contributed by atoms with van der Waals surface area (Å²) in [4.78, 5) is 27.4. The molecule has 1 fully saturated rings. The van der Waals surface area contributed by atoms with Crippen molar-refractivity contribution in [3.63, 3.8) is 0 Å². The largest absolute Gasteiger partial charge is 0.481 e. The van der Waals surface area contributed by atoms with Crippen LogP contribution in [0.25, 0.3) is 0 Å². The number of nitrogens with zero attached hydrogens (tertiary/aromatic N) is 3. The van der Waals surface area contributed by atoms with Crippen molar-refractivity contribution in [1.82, 2.24) is 4.98 Å². The van der Waals surface area contributed by atoms with Gasteiger partial charge in [0.15, 0.2) is 0 Å². The lowest BCUT2D eigenvalue weighted by molar-refractivity contribution is -0.384. The van der Waals surface area contributed by atoms with Crippen LogP contribution in [0.3, 0.4) is 0 Å². The van der Waals surface area contributed by atoms with Gasteiger partial charge in [-0.1, -0.05) is 0 Å². The third-order valence-corrected chi connectivity index (χ3v) is 3.73. The fraction of sp³-hybridized carbons (Fsp3) is 0.500. The van der Waals surface area contributed by atoms with Crippen LogP contribution in [0.4, 0.5) is 11.5 Å². The molecule has 1 aliphatic rings. The summed E-state index contributed by atoms with van der Waals surface area (Å²) in [6.45, 7) is 1.15. The predicted octanol–water partition coefficient (Wildman–Crippen LogP) is 2.44. The quantitative estimate of drug-likeness (QED) is 0.666. The van der Waals surface area contributed by atoms with E-state index >= 15 is 0 Å². The van der Waals surface area contributed by atoms with E-state index in [1.807, 2.05) is 4.90 Å². The number of carboxylic acids is 1. The molecular weight excluding hydrogens is 330 g/mol. The summed E-state index contributed by atoms with van der Waals surface area (Å²) in [5.41, 5.74) is -0.0599. The van der Waals surface area contributed by atoms with Crippen molar-refractivity contribution >= 4 is 33.4 Å². The van der Waals surface area contributed by atoms with Gasteiger partial charge in [0.25, 0.3) is 0 Å². The minimum absolute atomic E-state index is 0.00583. The van der Waals surface area contributed by atoms with Crippen molar-refractivity contribution in [1.29, 1.82) is 0 Å². The molecule has 1 saturated heterocycles. The number of halogens is 1. The molecule has 0 aliphatic carbocycles. The maximum atomic E-state index is 11.1. The smallest absolute Gasteiger partial charge is 0.312 e. The van der Waals surface area contributed by atoms with Crippen LogP contribution in [0, 0.1) is 16.0 Å². The SMILES string of the molecule is O=C(O)CC1CCCN(c2ncc(Br)cc2[N+](=O)[O-])C1. The molecule has 1 N–H and O–H groups in total. The van der Waals surface area contributed by atoms with E-state index in [1.165, 1.54) is 12.3 Å². The monoisotopic (exact) mass is 343 g/mol. The van der Waals surface area contributed by atoms with Crippen molar-refractivity contribution in [2.75, 3.05) is 18.0 Å². The van der Waals surface area contributed by atoms with Gasteiger partial charge in [-0.25, -0.2) is 4.98 Å². The molecular formula is C12H14BrN3O4. The predicted molar refractivity (Wildman–Crippen MR) is 75.8 cm³/mol. The van der Waals surface area contributed by atoms with E-state index in [0.29, 0.717) is 23.4 Å². The van der Waals surface area contributed by atoms with Gasteiger partial charge in [-0.2, -0.15) is 0 Å². The van der Waals surface area contributed by atoms with Crippen LogP contribution in [-0.4, -0.2) is 34.1 Å². The molecule has 1 aliphatic heterocycles. The number of carboxylic acid groups (broad SMARTS) is 1. The Morgan fingerprint density at radius 3 is 3.05 bits per heavy atom. The summed E-state index contributed by atoms with van der Waals surface area (Å²) in [7, 11) is 0. The molecule has 108 valence electrons. The van der Waals surface area contributed by atoms with Gasteiger partial charge in [0.05, 0.1) is 4.92 Å². The molecule has 1 atom stereocenters. The summed E-state index contributed by atoms with van der Waals surface area (Å²) in [6, 6.07) is 1.42. The maximum Gasteiger partial charge on any atom is 0.312 e. The number of anilines is 1. The Hall–Kier alpha value is -1.70. The molecule has 1 unspecified atom stereocenters. The van der Waals surface area contributed by atoms with Gasteiger partial charge in [0.1, 0.15) is 0 Å². The van der Waals surface area contributed by atoms with Crippen molar-refractivity contribution < 1.29 is 14.8 Å². The average molecular weight is 344 g/mol. The van der Waals surface area contributed by atoms with E-state index in [2.05, 4.69) is 20.9 Å². The maximum absolute atomic E-state index is 11.1. The summed E-state index contributed by atoms with van der Waals surface area (Å²) in [6.07, 6.45) is 3.24. The Morgan fingerprint density at radius 1 is 1.65 bits per heavy atom. The summed E-state index contributed by atoms with van der Waals surface area (Å²) in [5.74, 6) is -0.519. The van der Waals surface area contributed by atoms with Gasteiger partial charge in [-0.05, 0) is 34.7 Å². The summed E-state index contributed by atoms with van der Waals surface area (Å²) >= 11 is 3.17. The van der Waals surface area contributed by atoms with Crippen molar-refractivity contribution in [3.8, 4) is 0 Å². The first-order chi connectivity index (χ1) is 9.47. The third-order valence-electron chi connectivity index (χ3n) is 3.29. The molecule has 8 heteroatoms. The number of nitro groups is 1. The standard InChI is InChI=1S/C12H14BrN3O4/c13-9-5-10(16(19)20)12(14-6-9)15-3-1-2-8(7-15)4-11(17)18/h5-6,8H,1-4,7H2,(H,17,18).